The Morgan fingerprint density at radius 1 is 1.20 bits per heavy atom. The molecule has 2 rings (SSSR count). The van der Waals surface area contributed by atoms with Gasteiger partial charge in [0, 0.05) is 38.5 Å². The quantitative estimate of drug-likeness (QED) is 0.382. The van der Waals surface area contributed by atoms with Crippen molar-refractivity contribution in [3.05, 3.63) is 48.0 Å². The summed E-state index contributed by atoms with van der Waals surface area (Å²) in [6.07, 6.45) is 2.66. The third-order valence-electron chi connectivity index (χ3n) is 4.13. The first-order valence-electron chi connectivity index (χ1n) is 8.43. The molecule has 2 N–H and O–H groups in total. The molecule has 0 aliphatic carbocycles. The van der Waals surface area contributed by atoms with Crippen molar-refractivity contribution in [3.63, 3.8) is 0 Å². The Kier molecular flexibility index (Phi) is 8.88. The molecule has 0 aliphatic heterocycles. The van der Waals surface area contributed by atoms with Crippen LogP contribution in [0.2, 0.25) is 0 Å². The number of benzene rings is 1. The lowest BCUT2D eigenvalue weighted by molar-refractivity contribution is 0.507. The first-order chi connectivity index (χ1) is 11.6. The van der Waals surface area contributed by atoms with Crippen molar-refractivity contribution in [3.8, 4) is 0 Å². The minimum atomic E-state index is 0. The number of rotatable bonds is 7. The maximum absolute atomic E-state index is 4.30. The molecule has 1 heterocycles. The monoisotopic (exact) mass is 456 g/mol. The fourth-order valence-corrected chi connectivity index (χ4v) is 2.55. The lowest BCUT2D eigenvalue weighted by Gasteiger charge is -2.26. The molecule has 0 spiro atoms. The van der Waals surface area contributed by atoms with E-state index in [1.54, 1.807) is 13.4 Å². The van der Waals surface area contributed by atoms with Gasteiger partial charge in [0.25, 0.3) is 0 Å². The van der Waals surface area contributed by atoms with Gasteiger partial charge in [-0.25, -0.2) is 0 Å². The zero-order valence-electron chi connectivity index (χ0n) is 15.5. The van der Waals surface area contributed by atoms with E-state index in [9.17, 15) is 0 Å². The molecule has 0 saturated heterocycles. The normalized spacial score (nSPS) is 11.8. The Morgan fingerprint density at radius 2 is 1.92 bits per heavy atom. The van der Waals surface area contributed by atoms with Crippen molar-refractivity contribution >= 4 is 29.9 Å². The highest BCUT2D eigenvalue weighted by atomic mass is 127. The number of nitrogens with one attached hydrogen (secondary N) is 2. The van der Waals surface area contributed by atoms with Gasteiger partial charge in [0.15, 0.2) is 5.96 Å². The Balaban J connectivity index is 0.00000312. The largest absolute Gasteiger partial charge is 0.356 e. The lowest BCUT2D eigenvalue weighted by Crippen LogP contribution is -2.44. The summed E-state index contributed by atoms with van der Waals surface area (Å²) < 4.78 is 2.06. The Morgan fingerprint density at radius 3 is 2.56 bits per heavy atom. The second-order valence-corrected chi connectivity index (χ2v) is 6.40. The molecule has 0 saturated carbocycles. The van der Waals surface area contributed by atoms with Crippen LogP contribution in [0.5, 0.6) is 0 Å². The van der Waals surface area contributed by atoms with E-state index in [4.69, 9.17) is 0 Å². The second kappa shape index (κ2) is 10.4. The summed E-state index contributed by atoms with van der Waals surface area (Å²) in [6.45, 7) is 8.94. The van der Waals surface area contributed by atoms with Crippen LogP contribution >= 0.6 is 24.0 Å². The Bertz CT molecular complexity index is 651. The van der Waals surface area contributed by atoms with Gasteiger partial charge in [-0.3, -0.25) is 4.99 Å². The van der Waals surface area contributed by atoms with Gasteiger partial charge in [-0.1, -0.05) is 51.1 Å². The molecule has 0 radical (unpaired) electrons. The second-order valence-electron chi connectivity index (χ2n) is 6.40. The molecule has 7 heteroatoms. The van der Waals surface area contributed by atoms with Crippen LogP contribution in [-0.2, 0) is 18.4 Å². The molecule has 2 aromatic rings. The number of aryl methyl sites for hydroxylation is 1. The van der Waals surface area contributed by atoms with E-state index in [0.29, 0.717) is 0 Å². The predicted octanol–water partition coefficient (Wildman–Crippen LogP) is 2.60. The summed E-state index contributed by atoms with van der Waals surface area (Å²) in [6, 6.07) is 10.5. The van der Waals surface area contributed by atoms with E-state index in [1.165, 1.54) is 5.56 Å². The molecule has 0 aliphatic rings. The first-order valence-corrected chi connectivity index (χ1v) is 8.43. The maximum atomic E-state index is 4.30. The number of nitrogens with zero attached hydrogens (tertiary/aromatic N) is 4. The third kappa shape index (κ3) is 6.30. The zero-order valence-corrected chi connectivity index (χ0v) is 17.8. The van der Waals surface area contributed by atoms with Crippen LogP contribution in [0.1, 0.15) is 32.2 Å². The van der Waals surface area contributed by atoms with Gasteiger partial charge in [-0.05, 0) is 5.56 Å². The summed E-state index contributed by atoms with van der Waals surface area (Å²) in [5, 5.41) is 14.8. The summed E-state index contributed by atoms with van der Waals surface area (Å²) in [4.78, 5) is 4.30. The van der Waals surface area contributed by atoms with Crippen molar-refractivity contribution < 1.29 is 0 Å². The standard InChI is InChI=1S/C18H28N6.HI/c1-5-16-23-22-14-24(16)12-11-20-17(19-4)21-13-18(2,3)15-9-7-6-8-10-15;/h6-10,14H,5,11-13H2,1-4H3,(H2,19,20,21);1H. The summed E-state index contributed by atoms with van der Waals surface area (Å²) in [5.74, 6) is 1.81. The summed E-state index contributed by atoms with van der Waals surface area (Å²) >= 11 is 0. The smallest absolute Gasteiger partial charge is 0.191 e. The highest BCUT2D eigenvalue weighted by molar-refractivity contribution is 14.0. The van der Waals surface area contributed by atoms with Crippen LogP contribution in [0.3, 0.4) is 0 Å². The summed E-state index contributed by atoms with van der Waals surface area (Å²) in [5.41, 5.74) is 1.34. The maximum Gasteiger partial charge on any atom is 0.191 e. The average molecular weight is 456 g/mol. The van der Waals surface area contributed by atoms with Crippen LogP contribution in [0.25, 0.3) is 0 Å². The van der Waals surface area contributed by atoms with Gasteiger partial charge in [0.2, 0.25) is 0 Å². The Labute approximate surface area is 167 Å². The van der Waals surface area contributed by atoms with E-state index < -0.39 is 0 Å². The van der Waals surface area contributed by atoms with Crippen LogP contribution in [-0.4, -0.2) is 40.9 Å². The topological polar surface area (TPSA) is 67.1 Å². The van der Waals surface area contributed by atoms with E-state index in [0.717, 1.165) is 37.8 Å². The van der Waals surface area contributed by atoms with Crippen LogP contribution < -0.4 is 10.6 Å². The molecular weight excluding hydrogens is 427 g/mol. The zero-order chi connectivity index (χ0) is 17.4. The molecule has 25 heavy (non-hydrogen) atoms. The van der Waals surface area contributed by atoms with Crippen molar-refractivity contribution in [1.82, 2.24) is 25.4 Å². The van der Waals surface area contributed by atoms with Crippen LogP contribution in [0.15, 0.2) is 41.7 Å². The lowest BCUT2D eigenvalue weighted by atomic mass is 9.85. The average Bonchev–Trinajstić information content (AvgIpc) is 3.06. The minimum absolute atomic E-state index is 0. The van der Waals surface area contributed by atoms with E-state index in [2.05, 4.69) is 75.4 Å². The predicted molar refractivity (Wildman–Crippen MR) is 114 cm³/mol. The molecule has 0 bridgehead atoms. The minimum Gasteiger partial charge on any atom is -0.356 e. The number of aromatic nitrogens is 3. The van der Waals surface area contributed by atoms with Crippen molar-refractivity contribution in [2.75, 3.05) is 20.1 Å². The molecule has 0 atom stereocenters. The van der Waals surface area contributed by atoms with E-state index >= 15 is 0 Å². The van der Waals surface area contributed by atoms with Gasteiger partial charge in [-0.15, -0.1) is 34.2 Å². The number of aliphatic imine (C=N–C) groups is 1. The molecule has 0 fully saturated rings. The molecular formula is C18H29IN6. The number of halogens is 1. The SMILES string of the molecule is CCc1nncn1CCNC(=NC)NCC(C)(C)c1ccccc1.I. The fourth-order valence-electron chi connectivity index (χ4n) is 2.55. The Hall–Kier alpha value is -1.64. The first kappa shape index (κ1) is 21.4. The van der Waals surface area contributed by atoms with Crippen molar-refractivity contribution in [2.24, 2.45) is 4.99 Å². The fraction of sp³-hybridized carbons (Fsp3) is 0.500. The molecule has 1 aromatic carbocycles. The molecule has 0 unspecified atom stereocenters. The highest BCUT2D eigenvalue weighted by Gasteiger charge is 2.20. The van der Waals surface area contributed by atoms with Crippen LogP contribution in [0.4, 0.5) is 0 Å². The molecule has 6 nitrogen and oxygen atoms in total. The number of guanidine groups is 1. The van der Waals surface area contributed by atoms with Gasteiger partial charge in [0.1, 0.15) is 12.2 Å². The van der Waals surface area contributed by atoms with E-state index in [1.807, 2.05) is 6.07 Å². The highest BCUT2D eigenvalue weighted by Crippen LogP contribution is 2.21. The van der Waals surface area contributed by atoms with Gasteiger partial charge in [0.05, 0.1) is 0 Å². The van der Waals surface area contributed by atoms with Crippen molar-refractivity contribution in [2.45, 2.75) is 39.2 Å². The summed E-state index contributed by atoms with van der Waals surface area (Å²) in [7, 11) is 1.79. The molecule has 0 amide bonds. The third-order valence-corrected chi connectivity index (χ3v) is 4.13. The van der Waals surface area contributed by atoms with Crippen molar-refractivity contribution in [1.29, 1.82) is 0 Å². The van der Waals surface area contributed by atoms with Crippen LogP contribution in [0, 0.1) is 0 Å². The number of hydrogen-bond donors (Lipinski definition) is 2. The number of hydrogen-bond acceptors (Lipinski definition) is 3. The molecule has 1 aromatic heterocycles. The van der Waals surface area contributed by atoms with Gasteiger partial charge >= 0.3 is 0 Å². The van der Waals surface area contributed by atoms with Gasteiger partial charge in [-0.2, -0.15) is 0 Å². The van der Waals surface area contributed by atoms with E-state index in [-0.39, 0.29) is 29.4 Å². The van der Waals surface area contributed by atoms with Gasteiger partial charge < -0.3 is 15.2 Å². The molecule has 138 valence electrons.